The maximum Gasteiger partial charge on any atom is 0.367 e. The summed E-state index contributed by atoms with van der Waals surface area (Å²) in [7, 11) is 5.44. The molecule has 142 valence electrons. The summed E-state index contributed by atoms with van der Waals surface area (Å²) in [5, 5.41) is 3.87. The van der Waals surface area contributed by atoms with Gasteiger partial charge in [-0.3, -0.25) is 4.84 Å². The molecule has 1 aromatic heterocycles. The van der Waals surface area contributed by atoms with E-state index < -0.39 is 0 Å². The van der Waals surface area contributed by atoms with Crippen molar-refractivity contribution < 1.29 is 18.8 Å². The predicted molar refractivity (Wildman–Crippen MR) is 94.1 cm³/mol. The quantitative estimate of drug-likeness (QED) is 0.542. The molecule has 0 spiro atoms. The normalized spacial score (nSPS) is 17.4. The van der Waals surface area contributed by atoms with Crippen molar-refractivity contribution in [2.24, 2.45) is 11.7 Å². The van der Waals surface area contributed by atoms with Gasteiger partial charge in [0.05, 0.1) is 13.0 Å². The highest BCUT2D eigenvalue weighted by Crippen LogP contribution is 2.31. The molecular formula is C18H33N4O3+. The van der Waals surface area contributed by atoms with Crippen molar-refractivity contribution in [3.8, 4) is 0 Å². The Balaban J connectivity index is 1.92. The summed E-state index contributed by atoms with van der Waals surface area (Å²) in [6.07, 6.45) is 10.1. The van der Waals surface area contributed by atoms with Crippen molar-refractivity contribution in [1.29, 1.82) is 0 Å². The average molecular weight is 353 g/mol. The van der Waals surface area contributed by atoms with Gasteiger partial charge < -0.3 is 10.3 Å². The largest absolute Gasteiger partial charge is 0.367 e. The van der Waals surface area contributed by atoms with Crippen LogP contribution in [-0.2, 0) is 16.2 Å². The van der Waals surface area contributed by atoms with Crippen LogP contribution in [0, 0.1) is 5.92 Å². The third-order valence-electron chi connectivity index (χ3n) is 4.69. The van der Waals surface area contributed by atoms with Crippen LogP contribution >= 0.6 is 0 Å². The zero-order chi connectivity index (χ0) is 18.3. The first kappa shape index (κ1) is 19.8. The lowest BCUT2D eigenvalue weighted by atomic mass is 9.84. The number of nitrogens with two attached hydrogens (primary N) is 1. The topological polar surface area (TPSA) is 91.2 Å². The number of aromatic nitrogens is 2. The van der Waals surface area contributed by atoms with Gasteiger partial charge in [-0.15, -0.1) is 4.65 Å². The maximum absolute atomic E-state index is 12.2. The highest BCUT2D eigenvalue weighted by molar-refractivity contribution is 5.69. The lowest BCUT2D eigenvalue weighted by Gasteiger charge is -2.23. The van der Waals surface area contributed by atoms with Gasteiger partial charge in [0.15, 0.2) is 5.82 Å². The van der Waals surface area contributed by atoms with Crippen molar-refractivity contribution in [3.63, 3.8) is 0 Å². The zero-order valence-electron chi connectivity index (χ0n) is 15.9. The van der Waals surface area contributed by atoms with Gasteiger partial charge in [-0.1, -0.05) is 50.1 Å². The number of hydrogen-bond acceptors (Lipinski definition) is 6. The zero-order valence-corrected chi connectivity index (χ0v) is 15.9. The first-order valence-electron chi connectivity index (χ1n) is 9.44. The van der Waals surface area contributed by atoms with E-state index in [1.807, 2.05) is 21.1 Å². The van der Waals surface area contributed by atoms with Crippen LogP contribution in [0.2, 0.25) is 0 Å². The van der Waals surface area contributed by atoms with Crippen LogP contribution in [0.5, 0.6) is 0 Å². The minimum Gasteiger partial charge on any atom is -0.339 e. The van der Waals surface area contributed by atoms with Gasteiger partial charge in [-0.05, 0) is 12.3 Å². The summed E-state index contributed by atoms with van der Waals surface area (Å²) in [6.45, 7) is 0.238. The van der Waals surface area contributed by atoms with Gasteiger partial charge >= 0.3 is 5.97 Å². The van der Waals surface area contributed by atoms with Crippen LogP contribution < -0.4 is 5.73 Å². The summed E-state index contributed by atoms with van der Waals surface area (Å²) >= 11 is 0. The van der Waals surface area contributed by atoms with Gasteiger partial charge in [0.25, 0.3) is 0 Å². The van der Waals surface area contributed by atoms with Crippen LogP contribution in [0.3, 0.4) is 0 Å². The van der Waals surface area contributed by atoms with E-state index in [1.165, 1.54) is 38.5 Å². The molecule has 1 aromatic rings. The summed E-state index contributed by atoms with van der Waals surface area (Å²) in [5.41, 5.74) is 5.57. The van der Waals surface area contributed by atoms with E-state index in [0.29, 0.717) is 11.7 Å². The molecule has 7 nitrogen and oxygen atoms in total. The van der Waals surface area contributed by atoms with E-state index in [9.17, 15) is 4.79 Å². The molecule has 2 rings (SSSR count). The molecule has 1 aliphatic carbocycles. The predicted octanol–water partition coefficient (Wildman–Crippen LogP) is 2.92. The average Bonchev–Trinajstić information content (AvgIpc) is 3.02. The molecule has 7 heteroatoms. The fraction of sp³-hybridized carbons (Fsp3) is 0.833. The maximum atomic E-state index is 12.2. The van der Waals surface area contributed by atoms with Gasteiger partial charge in [0.1, 0.15) is 21.1 Å². The molecule has 1 saturated carbocycles. The number of carbonyl (C=O) groups excluding carboxylic acids is 1. The van der Waals surface area contributed by atoms with Crippen molar-refractivity contribution in [2.45, 2.75) is 70.3 Å². The van der Waals surface area contributed by atoms with Crippen molar-refractivity contribution >= 4 is 5.97 Å². The molecule has 0 aromatic carbocycles. The second kappa shape index (κ2) is 9.29. The molecule has 0 saturated heterocycles. The van der Waals surface area contributed by atoms with E-state index in [2.05, 4.69) is 10.1 Å². The standard InChI is InChI=1S/C18H33N4O3/c1-22(2,3)25-17(23)12-15(18-20-16(13-19)21-24-18)11-7-10-14-8-5-4-6-9-14/h14-15H,4-13,19H2,1-3H3/q+1/t15-/m1/s1. The second-order valence-electron chi connectivity index (χ2n) is 7.94. The molecule has 0 aliphatic heterocycles. The molecule has 25 heavy (non-hydrogen) atoms. The van der Waals surface area contributed by atoms with Gasteiger partial charge in [0.2, 0.25) is 5.89 Å². The fourth-order valence-electron chi connectivity index (χ4n) is 3.50. The summed E-state index contributed by atoms with van der Waals surface area (Å²) in [5.74, 6) is 1.46. The summed E-state index contributed by atoms with van der Waals surface area (Å²) in [4.78, 5) is 22.0. The van der Waals surface area contributed by atoms with E-state index in [-0.39, 0.29) is 29.5 Å². The van der Waals surface area contributed by atoms with Gasteiger partial charge in [-0.25, -0.2) is 4.79 Å². The Labute approximate surface area is 150 Å². The number of hydrogen-bond donors (Lipinski definition) is 1. The minimum atomic E-state index is -0.248. The summed E-state index contributed by atoms with van der Waals surface area (Å²) in [6, 6.07) is 0. The van der Waals surface area contributed by atoms with E-state index in [1.54, 1.807) is 0 Å². The molecule has 1 aliphatic rings. The van der Waals surface area contributed by atoms with Crippen LogP contribution in [0.4, 0.5) is 0 Å². The number of carbonyl (C=O) groups is 1. The highest BCUT2D eigenvalue weighted by atomic mass is 16.7. The molecule has 2 N–H and O–H groups in total. The molecule has 1 heterocycles. The Kier molecular flexibility index (Phi) is 7.38. The number of nitrogens with zero attached hydrogens (tertiary/aromatic N) is 3. The number of rotatable bonds is 9. The highest BCUT2D eigenvalue weighted by Gasteiger charge is 2.26. The molecule has 1 atom stereocenters. The van der Waals surface area contributed by atoms with E-state index >= 15 is 0 Å². The number of hydroxylamine groups is 3. The molecule has 0 radical (unpaired) electrons. The lowest BCUT2D eigenvalue weighted by Crippen LogP contribution is -2.37. The van der Waals surface area contributed by atoms with Crippen molar-refractivity contribution in [2.75, 3.05) is 21.1 Å². The second-order valence-corrected chi connectivity index (χ2v) is 7.94. The molecular weight excluding hydrogens is 320 g/mol. The third kappa shape index (κ3) is 7.12. The van der Waals surface area contributed by atoms with E-state index in [0.717, 1.165) is 18.8 Å². The Morgan fingerprint density at radius 3 is 2.64 bits per heavy atom. The molecule has 0 bridgehead atoms. The molecule has 0 unspecified atom stereocenters. The lowest BCUT2D eigenvalue weighted by molar-refractivity contribution is -1.04. The summed E-state index contributed by atoms with van der Waals surface area (Å²) < 4.78 is 5.48. The Morgan fingerprint density at radius 1 is 1.32 bits per heavy atom. The first-order chi connectivity index (χ1) is 11.9. The van der Waals surface area contributed by atoms with Crippen LogP contribution in [0.1, 0.15) is 75.4 Å². The van der Waals surface area contributed by atoms with Crippen LogP contribution in [-0.4, -0.2) is 41.9 Å². The van der Waals surface area contributed by atoms with Gasteiger partial charge in [-0.2, -0.15) is 4.98 Å². The Bertz CT molecular complexity index is 533. The SMILES string of the molecule is C[N+](C)(C)OC(=O)C[C@@H](CCCC1CCCCC1)c1nc(CN)no1. The third-order valence-corrected chi connectivity index (χ3v) is 4.69. The monoisotopic (exact) mass is 353 g/mol. The molecule has 0 amide bonds. The minimum absolute atomic E-state index is 0.101. The number of quaternary nitrogens is 1. The fourth-order valence-corrected chi connectivity index (χ4v) is 3.50. The Morgan fingerprint density at radius 2 is 2.04 bits per heavy atom. The Hall–Kier alpha value is -1.47. The van der Waals surface area contributed by atoms with E-state index in [4.69, 9.17) is 15.1 Å². The molecule has 1 fully saturated rings. The van der Waals surface area contributed by atoms with Crippen LogP contribution in [0.15, 0.2) is 4.52 Å². The van der Waals surface area contributed by atoms with Crippen LogP contribution in [0.25, 0.3) is 0 Å². The van der Waals surface area contributed by atoms with Crippen molar-refractivity contribution in [1.82, 2.24) is 10.1 Å². The smallest absolute Gasteiger partial charge is 0.339 e. The first-order valence-corrected chi connectivity index (χ1v) is 9.44. The van der Waals surface area contributed by atoms with Crippen molar-refractivity contribution in [3.05, 3.63) is 11.7 Å². The van der Waals surface area contributed by atoms with Gasteiger partial charge in [0, 0.05) is 5.92 Å².